The van der Waals surface area contributed by atoms with Gasteiger partial charge in [0.05, 0.1) is 25.2 Å². The van der Waals surface area contributed by atoms with Gasteiger partial charge in [-0.1, -0.05) is 18.2 Å². The van der Waals surface area contributed by atoms with E-state index in [2.05, 4.69) is 5.32 Å². The third-order valence-corrected chi connectivity index (χ3v) is 3.43. The highest BCUT2D eigenvalue weighted by atomic mass is 32.2. The van der Waals surface area contributed by atoms with Crippen molar-refractivity contribution in [2.75, 3.05) is 18.1 Å². The monoisotopic (exact) mass is 291 g/mol. The molecule has 2 aromatic rings. The van der Waals surface area contributed by atoms with Gasteiger partial charge in [-0.2, -0.15) is 0 Å². The second kappa shape index (κ2) is 8.32. The zero-order chi connectivity index (χ0) is 14.0. The van der Waals surface area contributed by atoms with Crippen molar-refractivity contribution in [1.29, 1.82) is 0 Å². The fraction of sp³-hybridized carbons (Fsp3) is 0.267. The summed E-state index contributed by atoms with van der Waals surface area (Å²) in [5, 5.41) is 2.80. The molecule has 1 N–H and O–H groups in total. The van der Waals surface area contributed by atoms with E-state index >= 15 is 0 Å². The summed E-state index contributed by atoms with van der Waals surface area (Å²) in [4.78, 5) is 11.6. The molecular weight excluding hydrogens is 274 g/mol. The Morgan fingerprint density at radius 2 is 2.05 bits per heavy atom. The van der Waals surface area contributed by atoms with Gasteiger partial charge < -0.3 is 14.5 Å². The van der Waals surface area contributed by atoms with Gasteiger partial charge in [-0.05, 0) is 24.3 Å². The van der Waals surface area contributed by atoms with Crippen LogP contribution in [0.5, 0.6) is 5.75 Å². The van der Waals surface area contributed by atoms with Crippen molar-refractivity contribution in [2.24, 2.45) is 0 Å². The first-order chi connectivity index (χ1) is 9.84. The molecule has 1 heterocycles. The first-order valence-electron chi connectivity index (χ1n) is 6.39. The Labute approximate surface area is 122 Å². The minimum atomic E-state index is 0.00566. The number of furan rings is 1. The first kappa shape index (κ1) is 14.5. The largest absolute Gasteiger partial charge is 0.493 e. The molecule has 0 atom stereocenters. The van der Waals surface area contributed by atoms with Crippen molar-refractivity contribution in [3.05, 3.63) is 54.5 Å². The van der Waals surface area contributed by atoms with Crippen LogP contribution in [0.3, 0.4) is 0 Å². The summed E-state index contributed by atoms with van der Waals surface area (Å²) in [5.41, 5.74) is 0. The van der Waals surface area contributed by atoms with Crippen molar-refractivity contribution < 1.29 is 13.9 Å². The van der Waals surface area contributed by atoms with E-state index in [0.29, 0.717) is 18.9 Å². The van der Waals surface area contributed by atoms with Gasteiger partial charge in [0.25, 0.3) is 0 Å². The maximum atomic E-state index is 11.6. The molecule has 0 fully saturated rings. The lowest BCUT2D eigenvalue weighted by Crippen LogP contribution is -2.24. The van der Waals surface area contributed by atoms with Crippen LogP contribution in [-0.4, -0.2) is 24.0 Å². The summed E-state index contributed by atoms with van der Waals surface area (Å²) >= 11 is 1.55. The molecule has 5 heteroatoms. The summed E-state index contributed by atoms with van der Waals surface area (Å²) in [6.45, 7) is 1.03. The summed E-state index contributed by atoms with van der Waals surface area (Å²) in [7, 11) is 0. The molecule has 0 aliphatic carbocycles. The van der Waals surface area contributed by atoms with Gasteiger partial charge >= 0.3 is 0 Å². The van der Waals surface area contributed by atoms with E-state index in [1.165, 1.54) is 0 Å². The predicted molar refractivity (Wildman–Crippen MR) is 79.8 cm³/mol. The number of hydrogen-bond acceptors (Lipinski definition) is 4. The van der Waals surface area contributed by atoms with Crippen molar-refractivity contribution in [2.45, 2.75) is 6.54 Å². The molecule has 0 bridgehead atoms. The number of ether oxygens (including phenoxy) is 1. The summed E-state index contributed by atoms with van der Waals surface area (Å²) in [6.07, 6.45) is 1.59. The first-order valence-corrected chi connectivity index (χ1v) is 7.55. The number of benzene rings is 1. The van der Waals surface area contributed by atoms with Crippen LogP contribution in [0.25, 0.3) is 0 Å². The Morgan fingerprint density at radius 1 is 1.20 bits per heavy atom. The van der Waals surface area contributed by atoms with Gasteiger partial charge in [0, 0.05) is 5.75 Å². The van der Waals surface area contributed by atoms with Crippen molar-refractivity contribution in [3.63, 3.8) is 0 Å². The lowest BCUT2D eigenvalue weighted by molar-refractivity contribution is -0.118. The van der Waals surface area contributed by atoms with E-state index in [4.69, 9.17) is 9.15 Å². The smallest absolute Gasteiger partial charge is 0.230 e. The predicted octanol–water partition coefficient (Wildman–Crippen LogP) is 2.71. The van der Waals surface area contributed by atoms with E-state index in [0.717, 1.165) is 17.3 Å². The standard InChI is InChI=1S/C15H17NO3S/c17-15(16-11-14-7-4-8-18-14)12-20-10-9-19-13-5-2-1-3-6-13/h1-8H,9-12H2,(H,16,17). The van der Waals surface area contributed by atoms with Gasteiger partial charge in [0.1, 0.15) is 11.5 Å². The van der Waals surface area contributed by atoms with Gasteiger partial charge in [0.2, 0.25) is 5.91 Å². The van der Waals surface area contributed by atoms with Crippen LogP contribution in [0.4, 0.5) is 0 Å². The van der Waals surface area contributed by atoms with E-state index in [1.54, 1.807) is 24.1 Å². The number of rotatable bonds is 8. The molecule has 0 aliphatic heterocycles. The number of para-hydroxylation sites is 1. The number of carbonyl (C=O) groups excluding carboxylic acids is 1. The van der Waals surface area contributed by atoms with Crippen molar-refractivity contribution in [1.82, 2.24) is 5.32 Å². The van der Waals surface area contributed by atoms with Crippen LogP contribution in [-0.2, 0) is 11.3 Å². The molecule has 4 nitrogen and oxygen atoms in total. The molecule has 0 aliphatic rings. The quantitative estimate of drug-likeness (QED) is 0.760. The second-order valence-corrected chi connectivity index (χ2v) is 5.18. The molecule has 0 radical (unpaired) electrons. The number of hydrogen-bond donors (Lipinski definition) is 1. The van der Waals surface area contributed by atoms with Gasteiger partial charge in [-0.3, -0.25) is 4.79 Å². The van der Waals surface area contributed by atoms with Crippen LogP contribution >= 0.6 is 11.8 Å². The minimum absolute atomic E-state index is 0.00566. The molecule has 0 unspecified atom stereocenters. The second-order valence-electron chi connectivity index (χ2n) is 4.07. The Balaban J connectivity index is 1.51. The summed E-state index contributed by atoms with van der Waals surface area (Å²) < 4.78 is 10.7. The van der Waals surface area contributed by atoms with Crippen molar-refractivity contribution >= 4 is 17.7 Å². The molecule has 20 heavy (non-hydrogen) atoms. The Bertz CT molecular complexity index is 499. The zero-order valence-corrected chi connectivity index (χ0v) is 11.9. The Morgan fingerprint density at radius 3 is 2.80 bits per heavy atom. The molecule has 1 aromatic heterocycles. The van der Waals surface area contributed by atoms with E-state index in [-0.39, 0.29) is 5.91 Å². The molecule has 0 spiro atoms. The Kier molecular flexibility index (Phi) is 6.05. The van der Waals surface area contributed by atoms with Crippen LogP contribution in [0.1, 0.15) is 5.76 Å². The van der Waals surface area contributed by atoms with Crippen LogP contribution in [0.15, 0.2) is 53.1 Å². The van der Waals surface area contributed by atoms with Crippen LogP contribution in [0.2, 0.25) is 0 Å². The number of thioether (sulfide) groups is 1. The van der Waals surface area contributed by atoms with E-state index in [1.807, 2.05) is 36.4 Å². The number of amides is 1. The minimum Gasteiger partial charge on any atom is -0.493 e. The third-order valence-electron chi connectivity index (χ3n) is 2.51. The topological polar surface area (TPSA) is 51.5 Å². The van der Waals surface area contributed by atoms with Crippen LogP contribution in [0, 0.1) is 0 Å². The number of carbonyl (C=O) groups is 1. The number of nitrogens with one attached hydrogen (secondary N) is 1. The fourth-order valence-electron chi connectivity index (χ4n) is 1.55. The van der Waals surface area contributed by atoms with E-state index in [9.17, 15) is 4.79 Å². The molecule has 106 valence electrons. The summed E-state index contributed by atoms with van der Waals surface area (Å²) in [6, 6.07) is 13.3. The molecule has 0 saturated heterocycles. The highest BCUT2D eigenvalue weighted by Crippen LogP contribution is 2.09. The third kappa shape index (κ3) is 5.40. The molecular formula is C15H17NO3S. The van der Waals surface area contributed by atoms with Gasteiger partial charge in [-0.25, -0.2) is 0 Å². The highest BCUT2D eigenvalue weighted by Gasteiger charge is 2.02. The maximum absolute atomic E-state index is 11.6. The summed E-state index contributed by atoms with van der Waals surface area (Å²) in [5.74, 6) is 2.83. The normalized spacial score (nSPS) is 10.2. The average Bonchev–Trinajstić information content (AvgIpc) is 2.99. The average molecular weight is 291 g/mol. The zero-order valence-electron chi connectivity index (χ0n) is 11.1. The van der Waals surface area contributed by atoms with Crippen LogP contribution < -0.4 is 10.1 Å². The molecule has 2 rings (SSSR count). The highest BCUT2D eigenvalue weighted by molar-refractivity contribution is 7.99. The fourth-order valence-corrected chi connectivity index (χ4v) is 2.18. The lowest BCUT2D eigenvalue weighted by Gasteiger charge is -2.06. The molecule has 1 aromatic carbocycles. The molecule has 1 amide bonds. The lowest BCUT2D eigenvalue weighted by atomic mass is 10.3. The van der Waals surface area contributed by atoms with Crippen molar-refractivity contribution in [3.8, 4) is 5.75 Å². The van der Waals surface area contributed by atoms with Gasteiger partial charge in [0.15, 0.2) is 0 Å². The molecule has 0 saturated carbocycles. The maximum Gasteiger partial charge on any atom is 0.230 e. The van der Waals surface area contributed by atoms with E-state index < -0.39 is 0 Å². The Hall–Kier alpha value is -1.88. The van der Waals surface area contributed by atoms with Gasteiger partial charge in [-0.15, -0.1) is 11.8 Å². The SMILES string of the molecule is O=C(CSCCOc1ccccc1)NCc1ccco1.